The standard InChI is InChI=1S/C15H23FO2S/c1-19(17,18)13-7-10-6-12(13)15-9-4-8(2-3-16)11(5-9)14(10)15/h8-15H,2-7H2,1H3. The minimum atomic E-state index is -2.87. The summed E-state index contributed by atoms with van der Waals surface area (Å²) in [7, 11) is -2.87. The minimum Gasteiger partial charge on any atom is -0.251 e. The highest BCUT2D eigenvalue weighted by Crippen LogP contribution is 2.69. The normalized spacial score (nSPS) is 54.8. The lowest BCUT2D eigenvalue weighted by Gasteiger charge is -2.41. The van der Waals surface area contributed by atoms with Crippen molar-refractivity contribution in [1.29, 1.82) is 0 Å². The van der Waals surface area contributed by atoms with Gasteiger partial charge in [0.05, 0.1) is 11.9 Å². The van der Waals surface area contributed by atoms with Gasteiger partial charge in [-0.1, -0.05) is 0 Å². The molecule has 4 aliphatic rings. The van der Waals surface area contributed by atoms with Crippen molar-refractivity contribution in [2.75, 3.05) is 12.9 Å². The average Bonchev–Trinajstić information content (AvgIpc) is 3.04. The molecular formula is C15H23FO2S. The lowest BCUT2D eigenvalue weighted by Crippen LogP contribution is -2.40. The van der Waals surface area contributed by atoms with E-state index in [2.05, 4.69) is 0 Å². The van der Waals surface area contributed by atoms with Gasteiger partial charge in [0, 0.05) is 6.26 Å². The van der Waals surface area contributed by atoms with Crippen molar-refractivity contribution in [2.24, 2.45) is 41.4 Å². The van der Waals surface area contributed by atoms with Crippen LogP contribution in [0.3, 0.4) is 0 Å². The molecule has 0 saturated heterocycles. The van der Waals surface area contributed by atoms with Crippen molar-refractivity contribution >= 4 is 9.84 Å². The predicted octanol–water partition coefficient (Wildman–Crippen LogP) is 2.69. The zero-order chi connectivity index (χ0) is 13.4. The van der Waals surface area contributed by atoms with E-state index in [0.717, 1.165) is 31.1 Å². The van der Waals surface area contributed by atoms with Crippen LogP contribution in [0.25, 0.3) is 0 Å². The highest BCUT2D eigenvalue weighted by molar-refractivity contribution is 7.91. The summed E-state index contributed by atoms with van der Waals surface area (Å²) in [6, 6.07) is 0. The molecule has 4 bridgehead atoms. The van der Waals surface area contributed by atoms with Gasteiger partial charge < -0.3 is 0 Å². The second-order valence-corrected chi connectivity index (χ2v) is 9.82. The van der Waals surface area contributed by atoms with Crippen LogP contribution in [0.1, 0.15) is 32.1 Å². The maximum atomic E-state index is 12.6. The summed E-state index contributed by atoms with van der Waals surface area (Å²) in [4.78, 5) is 0. The highest BCUT2D eigenvalue weighted by Gasteiger charge is 2.65. The second kappa shape index (κ2) is 3.96. The molecule has 0 aromatic rings. The van der Waals surface area contributed by atoms with Gasteiger partial charge in [0.15, 0.2) is 9.84 Å². The van der Waals surface area contributed by atoms with E-state index < -0.39 is 9.84 Å². The van der Waals surface area contributed by atoms with Crippen molar-refractivity contribution in [3.05, 3.63) is 0 Å². The molecule has 19 heavy (non-hydrogen) atoms. The fourth-order valence-corrected chi connectivity index (χ4v) is 8.16. The Bertz CT molecular complexity index is 486. The molecule has 4 aliphatic carbocycles. The molecule has 2 nitrogen and oxygen atoms in total. The van der Waals surface area contributed by atoms with Crippen LogP contribution in [0.2, 0.25) is 0 Å². The van der Waals surface area contributed by atoms with Gasteiger partial charge in [0.25, 0.3) is 0 Å². The van der Waals surface area contributed by atoms with Crippen molar-refractivity contribution < 1.29 is 12.8 Å². The van der Waals surface area contributed by atoms with Crippen LogP contribution >= 0.6 is 0 Å². The van der Waals surface area contributed by atoms with E-state index in [0.29, 0.717) is 29.6 Å². The number of hydrogen-bond acceptors (Lipinski definition) is 2. The van der Waals surface area contributed by atoms with Gasteiger partial charge in [0.1, 0.15) is 0 Å². The van der Waals surface area contributed by atoms with Gasteiger partial charge in [-0.2, -0.15) is 0 Å². The predicted molar refractivity (Wildman–Crippen MR) is 72.1 cm³/mol. The maximum absolute atomic E-state index is 12.6. The van der Waals surface area contributed by atoms with Gasteiger partial charge in [-0.05, 0) is 73.5 Å². The molecule has 8 atom stereocenters. The zero-order valence-corrected chi connectivity index (χ0v) is 12.3. The second-order valence-electron chi connectivity index (χ2n) is 7.55. The third-order valence-corrected chi connectivity index (χ3v) is 8.57. The number of sulfone groups is 1. The minimum absolute atomic E-state index is 0.0577. The molecule has 0 aromatic heterocycles. The van der Waals surface area contributed by atoms with Crippen molar-refractivity contribution in [3.8, 4) is 0 Å². The van der Waals surface area contributed by atoms with Crippen LogP contribution in [-0.4, -0.2) is 26.6 Å². The van der Waals surface area contributed by atoms with Crippen LogP contribution < -0.4 is 0 Å². The van der Waals surface area contributed by atoms with E-state index in [-0.39, 0.29) is 11.9 Å². The fourth-order valence-electron chi connectivity index (χ4n) is 6.64. The molecule has 0 amide bonds. The number of alkyl halides is 1. The first kappa shape index (κ1) is 12.6. The van der Waals surface area contributed by atoms with E-state index in [1.165, 1.54) is 19.1 Å². The molecule has 4 heteroatoms. The molecule has 8 unspecified atom stereocenters. The van der Waals surface area contributed by atoms with Gasteiger partial charge >= 0.3 is 0 Å². The summed E-state index contributed by atoms with van der Waals surface area (Å²) in [6.45, 7) is -0.175. The molecule has 0 N–H and O–H groups in total. The maximum Gasteiger partial charge on any atom is 0.150 e. The van der Waals surface area contributed by atoms with Gasteiger partial charge in [0.2, 0.25) is 0 Å². The third kappa shape index (κ3) is 1.61. The smallest absolute Gasteiger partial charge is 0.150 e. The van der Waals surface area contributed by atoms with E-state index in [4.69, 9.17) is 0 Å². The number of fused-ring (bicyclic) bond motifs is 9. The molecule has 0 heterocycles. The van der Waals surface area contributed by atoms with Crippen molar-refractivity contribution in [3.63, 3.8) is 0 Å². The van der Waals surface area contributed by atoms with Gasteiger partial charge in [-0.3, -0.25) is 4.39 Å². The monoisotopic (exact) mass is 286 g/mol. The Morgan fingerprint density at radius 3 is 2.32 bits per heavy atom. The molecule has 108 valence electrons. The van der Waals surface area contributed by atoms with Crippen molar-refractivity contribution in [1.82, 2.24) is 0 Å². The first-order valence-corrected chi connectivity index (χ1v) is 9.71. The Balaban J connectivity index is 1.60. The topological polar surface area (TPSA) is 34.1 Å². The molecule has 4 fully saturated rings. The van der Waals surface area contributed by atoms with E-state index >= 15 is 0 Å². The van der Waals surface area contributed by atoms with Gasteiger partial charge in [-0.25, -0.2) is 8.42 Å². The Morgan fingerprint density at radius 1 is 1.00 bits per heavy atom. The molecule has 4 rings (SSSR count). The van der Waals surface area contributed by atoms with E-state index in [1.54, 1.807) is 0 Å². The number of rotatable bonds is 3. The largest absolute Gasteiger partial charge is 0.251 e. The van der Waals surface area contributed by atoms with Crippen LogP contribution in [0.4, 0.5) is 4.39 Å². The van der Waals surface area contributed by atoms with Gasteiger partial charge in [-0.15, -0.1) is 0 Å². The fraction of sp³-hybridized carbons (Fsp3) is 1.00. The Kier molecular flexibility index (Phi) is 2.63. The zero-order valence-electron chi connectivity index (χ0n) is 11.5. The first-order chi connectivity index (χ1) is 9.00. The summed E-state index contributed by atoms with van der Waals surface area (Å²) in [5.74, 6) is 4.52. The highest BCUT2D eigenvalue weighted by atomic mass is 32.2. The first-order valence-electron chi connectivity index (χ1n) is 7.75. The number of halogens is 1. The molecule has 4 saturated carbocycles. The van der Waals surface area contributed by atoms with Crippen LogP contribution in [0.15, 0.2) is 0 Å². The lowest BCUT2D eigenvalue weighted by molar-refractivity contribution is 0.0989. The Hall–Kier alpha value is -0.120. The van der Waals surface area contributed by atoms with Crippen LogP contribution in [0.5, 0.6) is 0 Å². The SMILES string of the molecule is CS(=O)(=O)C1CC2CC1C1C3CC(CCF)C(C3)C21. The molecular weight excluding hydrogens is 263 g/mol. The summed E-state index contributed by atoms with van der Waals surface area (Å²) in [5, 5.41) is -0.0577. The summed E-state index contributed by atoms with van der Waals surface area (Å²) in [6.07, 6.45) is 6.65. The Labute approximate surface area is 115 Å². The molecule has 0 aromatic carbocycles. The average molecular weight is 286 g/mol. The third-order valence-electron chi connectivity index (χ3n) is 6.93. The summed E-state index contributed by atoms with van der Waals surface area (Å²) in [5.41, 5.74) is 0. The van der Waals surface area contributed by atoms with Crippen LogP contribution in [-0.2, 0) is 9.84 Å². The summed E-state index contributed by atoms with van der Waals surface area (Å²) < 4.78 is 36.5. The van der Waals surface area contributed by atoms with Crippen LogP contribution in [0, 0.1) is 41.4 Å². The van der Waals surface area contributed by atoms with E-state index in [9.17, 15) is 12.8 Å². The van der Waals surface area contributed by atoms with E-state index in [1.807, 2.05) is 0 Å². The lowest BCUT2D eigenvalue weighted by atomic mass is 9.67. The number of hydrogen-bond donors (Lipinski definition) is 0. The molecule has 0 radical (unpaired) electrons. The Morgan fingerprint density at radius 2 is 1.63 bits per heavy atom. The molecule has 0 spiro atoms. The molecule has 0 aliphatic heterocycles. The summed E-state index contributed by atoms with van der Waals surface area (Å²) >= 11 is 0. The van der Waals surface area contributed by atoms with Crippen molar-refractivity contribution in [2.45, 2.75) is 37.4 Å². The quantitative estimate of drug-likeness (QED) is 0.748.